The molecular formula is C33H29FN6O2S2. The van der Waals surface area contributed by atoms with Gasteiger partial charge in [0.1, 0.15) is 5.82 Å². The molecule has 44 heavy (non-hydrogen) atoms. The maximum Gasteiger partial charge on any atom is 0.254 e. The SMILES string of the molecule is Cc1ccc(C2CC(c3cccs3)=NN2C(=O)CSc2nnc(CNC(=O)c3ccccc3F)n2Cc2ccccc2)cc1. The summed E-state index contributed by atoms with van der Waals surface area (Å²) in [6.07, 6.45) is 0.635. The number of carbonyl (C=O) groups is 2. The van der Waals surface area contributed by atoms with Gasteiger partial charge >= 0.3 is 0 Å². The number of hydrogen-bond donors (Lipinski definition) is 1. The van der Waals surface area contributed by atoms with Crippen LogP contribution in [0.4, 0.5) is 4.39 Å². The zero-order chi connectivity index (χ0) is 30.5. The second kappa shape index (κ2) is 13.4. The van der Waals surface area contributed by atoms with Gasteiger partial charge in [-0.05, 0) is 41.6 Å². The van der Waals surface area contributed by atoms with Crippen LogP contribution in [0.3, 0.4) is 0 Å². The molecule has 3 heterocycles. The van der Waals surface area contributed by atoms with E-state index in [0.717, 1.165) is 27.3 Å². The van der Waals surface area contributed by atoms with Crippen molar-refractivity contribution in [2.75, 3.05) is 5.75 Å². The Morgan fingerprint density at radius 2 is 1.75 bits per heavy atom. The predicted octanol–water partition coefficient (Wildman–Crippen LogP) is 6.24. The summed E-state index contributed by atoms with van der Waals surface area (Å²) in [5, 5.41) is 20.4. The molecule has 1 N–H and O–H groups in total. The molecule has 1 unspecified atom stereocenters. The maximum absolute atomic E-state index is 14.2. The summed E-state index contributed by atoms with van der Waals surface area (Å²) in [6, 6.07) is 27.6. The van der Waals surface area contributed by atoms with Crippen molar-refractivity contribution in [3.63, 3.8) is 0 Å². The van der Waals surface area contributed by atoms with E-state index in [0.29, 0.717) is 23.9 Å². The number of amides is 2. The molecule has 1 aliphatic heterocycles. The van der Waals surface area contributed by atoms with Crippen molar-refractivity contribution in [2.45, 2.75) is 37.6 Å². The number of hydrogen-bond acceptors (Lipinski definition) is 7. The van der Waals surface area contributed by atoms with Crippen LogP contribution < -0.4 is 5.32 Å². The number of carbonyl (C=O) groups excluding carboxylic acids is 2. The van der Waals surface area contributed by atoms with E-state index in [2.05, 4.69) is 39.8 Å². The number of benzene rings is 3. The molecule has 2 amide bonds. The van der Waals surface area contributed by atoms with E-state index in [9.17, 15) is 14.0 Å². The zero-order valence-electron chi connectivity index (χ0n) is 23.9. The smallest absolute Gasteiger partial charge is 0.254 e. The topological polar surface area (TPSA) is 92.5 Å². The first-order chi connectivity index (χ1) is 21.5. The number of aromatic nitrogens is 3. The third kappa shape index (κ3) is 6.63. The summed E-state index contributed by atoms with van der Waals surface area (Å²) < 4.78 is 16.0. The van der Waals surface area contributed by atoms with Gasteiger partial charge in [-0.2, -0.15) is 5.10 Å². The van der Waals surface area contributed by atoms with Crippen LogP contribution >= 0.6 is 23.1 Å². The molecule has 1 atom stereocenters. The molecule has 2 aromatic heterocycles. The highest BCUT2D eigenvalue weighted by Gasteiger charge is 2.33. The Morgan fingerprint density at radius 3 is 2.50 bits per heavy atom. The lowest BCUT2D eigenvalue weighted by Gasteiger charge is -2.22. The largest absolute Gasteiger partial charge is 0.345 e. The molecule has 0 saturated heterocycles. The fourth-order valence-corrected chi connectivity index (χ4v) is 6.48. The van der Waals surface area contributed by atoms with Crippen molar-refractivity contribution >= 4 is 40.6 Å². The summed E-state index contributed by atoms with van der Waals surface area (Å²) in [7, 11) is 0. The number of hydrazone groups is 1. The fraction of sp³-hybridized carbons (Fsp3) is 0.182. The zero-order valence-corrected chi connectivity index (χ0v) is 25.5. The van der Waals surface area contributed by atoms with Crippen molar-refractivity contribution < 1.29 is 14.0 Å². The molecule has 6 rings (SSSR count). The van der Waals surface area contributed by atoms with Crippen LogP contribution in [0.15, 0.2) is 107 Å². The van der Waals surface area contributed by atoms with Crippen LogP contribution in [0.25, 0.3) is 0 Å². The van der Waals surface area contributed by atoms with E-state index in [1.54, 1.807) is 22.4 Å². The van der Waals surface area contributed by atoms with E-state index in [-0.39, 0.29) is 29.8 Å². The quantitative estimate of drug-likeness (QED) is 0.186. The molecule has 222 valence electrons. The highest BCUT2D eigenvalue weighted by molar-refractivity contribution is 7.99. The number of thioether (sulfide) groups is 1. The number of rotatable bonds is 10. The van der Waals surface area contributed by atoms with E-state index < -0.39 is 11.7 Å². The second-order valence-corrected chi connectivity index (χ2v) is 12.2. The molecule has 0 bridgehead atoms. The van der Waals surface area contributed by atoms with Crippen molar-refractivity contribution in [3.05, 3.63) is 135 Å². The fourth-order valence-electron chi connectivity index (χ4n) is 4.95. The normalized spacial score (nSPS) is 14.5. The Morgan fingerprint density at radius 1 is 0.977 bits per heavy atom. The van der Waals surface area contributed by atoms with Crippen LogP contribution in [-0.2, 0) is 17.9 Å². The molecule has 8 nitrogen and oxygen atoms in total. The van der Waals surface area contributed by atoms with Gasteiger partial charge in [0.25, 0.3) is 11.8 Å². The first kappa shape index (κ1) is 29.5. The monoisotopic (exact) mass is 624 g/mol. The first-order valence-corrected chi connectivity index (χ1v) is 15.9. The van der Waals surface area contributed by atoms with Gasteiger partial charge in [-0.15, -0.1) is 21.5 Å². The Labute approximate surface area is 262 Å². The molecule has 0 fully saturated rings. The van der Waals surface area contributed by atoms with Crippen molar-refractivity contribution in [1.82, 2.24) is 25.1 Å². The lowest BCUT2D eigenvalue weighted by Crippen LogP contribution is -2.28. The van der Waals surface area contributed by atoms with E-state index in [1.807, 2.05) is 59.3 Å². The molecule has 5 aromatic rings. The molecule has 0 spiro atoms. The summed E-state index contributed by atoms with van der Waals surface area (Å²) >= 11 is 2.88. The number of nitrogens with zero attached hydrogens (tertiary/aromatic N) is 5. The molecule has 0 saturated carbocycles. The van der Waals surface area contributed by atoms with Crippen molar-refractivity contribution in [1.29, 1.82) is 0 Å². The van der Waals surface area contributed by atoms with Crippen LogP contribution in [0.1, 0.15) is 50.2 Å². The average molecular weight is 625 g/mol. The summed E-state index contributed by atoms with van der Waals surface area (Å²) in [5.41, 5.74) is 4.04. The minimum Gasteiger partial charge on any atom is -0.345 e. The molecule has 3 aromatic carbocycles. The number of thiophene rings is 1. The highest BCUT2D eigenvalue weighted by atomic mass is 32.2. The summed E-state index contributed by atoms with van der Waals surface area (Å²) in [4.78, 5) is 27.4. The lowest BCUT2D eigenvalue weighted by molar-refractivity contribution is -0.130. The van der Waals surface area contributed by atoms with Crippen LogP contribution in [0, 0.1) is 12.7 Å². The lowest BCUT2D eigenvalue weighted by atomic mass is 10.00. The van der Waals surface area contributed by atoms with Gasteiger partial charge in [-0.3, -0.25) is 9.59 Å². The van der Waals surface area contributed by atoms with Gasteiger partial charge < -0.3 is 9.88 Å². The van der Waals surface area contributed by atoms with Gasteiger partial charge in [0.2, 0.25) is 0 Å². The highest BCUT2D eigenvalue weighted by Crippen LogP contribution is 2.35. The van der Waals surface area contributed by atoms with E-state index in [4.69, 9.17) is 5.10 Å². The molecule has 1 aliphatic rings. The van der Waals surface area contributed by atoms with Gasteiger partial charge in [-0.1, -0.05) is 90.1 Å². The molecule has 0 radical (unpaired) electrons. The van der Waals surface area contributed by atoms with Crippen molar-refractivity contribution in [3.8, 4) is 0 Å². The van der Waals surface area contributed by atoms with Gasteiger partial charge in [-0.25, -0.2) is 9.40 Å². The van der Waals surface area contributed by atoms with Gasteiger partial charge in [0.15, 0.2) is 11.0 Å². The first-order valence-electron chi connectivity index (χ1n) is 14.1. The Hall–Kier alpha value is -4.61. The Bertz CT molecular complexity index is 1790. The van der Waals surface area contributed by atoms with Crippen LogP contribution in [-0.4, -0.2) is 43.1 Å². The summed E-state index contributed by atoms with van der Waals surface area (Å²) in [6.45, 7) is 2.51. The minimum absolute atomic E-state index is 0.0393. The number of aryl methyl sites for hydroxylation is 1. The Balaban J connectivity index is 1.21. The predicted molar refractivity (Wildman–Crippen MR) is 170 cm³/mol. The Kier molecular flexibility index (Phi) is 8.94. The number of halogens is 1. The molecular weight excluding hydrogens is 596 g/mol. The minimum atomic E-state index is -0.596. The van der Waals surface area contributed by atoms with E-state index >= 15 is 0 Å². The standard InChI is InChI=1S/C33H29FN6O2S2/c1-22-13-15-24(16-14-22)28-18-27(29-12-7-17-43-29)38-40(28)31(41)21-44-33-37-36-30(39(33)20-23-8-3-2-4-9-23)19-35-32(42)25-10-5-6-11-26(25)34/h2-17,28H,18-21H2,1H3,(H,35,42). The van der Waals surface area contributed by atoms with Crippen LogP contribution in [0.2, 0.25) is 0 Å². The second-order valence-electron chi connectivity index (χ2n) is 10.3. The van der Waals surface area contributed by atoms with E-state index in [1.165, 1.54) is 30.0 Å². The van der Waals surface area contributed by atoms with Crippen molar-refractivity contribution in [2.24, 2.45) is 5.10 Å². The molecule has 11 heteroatoms. The summed E-state index contributed by atoms with van der Waals surface area (Å²) in [5.74, 6) is -0.697. The third-order valence-corrected chi connectivity index (χ3v) is 9.13. The van der Waals surface area contributed by atoms with Crippen LogP contribution in [0.5, 0.6) is 0 Å². The number of nitrogens with one attached hydrogen (secondary N) is 1. The third-order valence-electron chi connectivity index (χ3n) is 7.26. The molecule has 0 aliphatic carbocycles. The van der Waals surface area contributed by atoms with Gasteiger partial charge in [0, 0.05) is 6.42 Å². The maximum atomic E-state index is 14.2. The van der Waals surface area contributed by atoms with Gasteiger partial charge in [0.05, 0.1) is 41.0 Å². The average Bonchev–Trinajstić information content (AvgIpc) is 3.81.